The number of hydrogen-bond acceptors (Lipinski definition) is 4. The zero-order valence-electron chi connectivity index (χ0n) is 11.4. The molecule has 0 radical (unpaired) electrons. The van der Waals surface area contributed by atoms with Gasteiger partial charge in [0.2, 0.25) is 11.8 Å². The highest BCUT2D eigenvalue weighted by atomic mass is 35.5. The van der Waals surface area contributed by atoms with Gasteiger partial charge in [-0.05, 0) is 50.2 Å². The van der Waals surface area contributed by atoms with Crippen LogP contribution in [0.25, 0.3) is 11.5 Å². The zero-order valence-corrected chi connectivity index (χ0v) is 12.1. The minimum Gasteiger partial charge on any atom is -0.419 e. The summed E-state index contributed by atoms with van der Waals surface area (Å²) in [6.07, 6.45) is 5.18. The fraction of sp³-hybridized carbons (Fsp3) is 0.467. The third kappa shape index (κ3) is 3.38. The van der Waals surface area contributed by atoms with E-state index in [9.17, 15) is 0 Å². The van der Waals surface area contributed by atoms with Gasteiger partial charge in [-0.15, -0.1) is 10.2 Å². The van der Waals surface area contributed by atoms with Gasteiger partial charge in [0.1, 0.15) is 0 Å². The van der Waals surface area contributed by atoms with Crippen molar-refractivity contribution >= 4 is 11.6 Å². The molecule has 0 bridgehead atoms. The van der Waals surface area contributed by atoms with E-state index in [1.807, 2.05) is 24.3 Å². The normalized spacial score (nSPS) is 17.1. The average molecular weight is 292 g/mol. The van der Waals surface area contributed by atoms with Gasteiger partial charge in [-0.1, -0.05) is 24.4 Å². The molecular formula is C15H18ClN3O. The largest absolute Gasteiger partial charge is 0.419 e. The van der Waals surface area contributed by atoms with Gasteiger partial charge in [-0.25, -0.2) is 0 Å². The molecule has 1 aromatic heterocycles. The van der Waals surface area contributed by atoms with Crippen molar-refractivity contribution in [3.63, 3.8) is 0 Å². The number of likely N-dealkylation sites (tertiary alicyclic amines) is 1. The van der Waals surface area contributed by atoms with Crippen LogP contribution in [0, 0.1) is 0 Å². The first-order chi connectivity index (χ1) is 9.81. The number of hydrogen-bond donors (Lipinski definition) is 0. The van der Waals surface area contributed by atoms with Gasteiger partial charge in [0.15, 0.2) is 0 Å². The summed E-state index contributed by atoms with van der Waals surface area (Å²) >= 11 is 5.88. The lowest BCUT2D eigenvalue weighted by atomic mass is 10.2. The summed E-state index contributed by atoms with van der Waals surface area (Å²) in [5, 5.41) is 8.97. The second-order valence-electron chi connectivity index (χ2n) is 5.20. The summed E-state index contributed by atoms with van der Waals surface area (Å²) in [4.78, 5) is 2.39. The van der Waals surface area contributed by atoms with E-state index >= 15 is 0 Å². The van der Waals surface area contributed by atoms with E-state index in [0.717, 1.165) is 25.2 Å². The van der Waals surface area contributed by atoms with Crippen LogP contribution in [0.1, 0.15) is 31.6 Å². The molecule has 2 heterocycles. The van der Waals surface area contributed by atoms with Crippen molar-refractivity contribution in [3.05, 3.63) is 35.2 Å². The topological polar surface area (TPSA) is 42.2 Å². The Balaban J connectivity index is 1.68. The zero-order chi connectivity index (χ0) is 13.8. The molecule has 20 heavy (non-hydrogen) atoms. The summed E-state index contributed by atoms with van der Waals surface area (Å²) in [6.45, 7) is 3.00. The summed E-state index contributed by atoms with van der Waals surface area (Å²) < 4.78 is 5.75. The molecule has 3 rings (SSSR count). The molecule has 1 aliphatic rings. The first-order valence-electron chi connectivity index (χ1n) is 7.12. The lowest BCUT2D eigenvalue weighted by molar-refractivity contribution is 0.249. The van der Waals surface area contributed by atoms with E-state index in [1.54, 1.807) is 0 Å². The summed E-state index contributed by atoms with van der Waals surface area (Å²) in [5.74, 6) is 1.25. The first-order valence-corrected chi connectivity index (χ1v) is 7.50. The minimum absolute atomic E-state index is 0.562. The number of halogens is 1. The van der Waals surface area contributed by atoms with Gasteiger partial charge in [0, 0.05) is 10.6 Å². The number of rotatable bonds is 3. The highest BCUT2D eigenvalue weighted by Gasteiger charge is 2.14. The Kier molecular flexibility index (Phi) is 4.33. The quantitative estimate of drug-likeness (QED) is 0.863. The molecule has 4 nitrogen and oxygen atoms in total. The minimum atomic E-state index is 0.562. The van der Waals surface area contributed by atoms with E-state index < -0.39 is 0 Å². The smallest absolute Gasteiger partial charge is 0.247 e. The molecule has 0 amide bonds. The van der Waals surface area contributed by atoms with Gasteiger partial charge < -0.3 is 4.42 Å². The van der Waals surface area contributed by atoms with Crippen LogP contribution in [0.5, 0.6) is 0 Å². The van der Waals surface area contributed by atoms with Crippen LogP contribution >= 0.6 is 11.6 Å². The molecule has 0 saturated carbocycles. The predicted molar refractivity (Wildman–Crippen MR) is 78.5 cm³/mol. The predicted octanol–water partition coefficient (Wildman–Crippen LogP) is 3.77. The van der Waals surface area contributed by atoms with E-state index in [-0.39, 0.29) is 0 Å². The van der Waals surface area contributed by atoms with Crippen molar-refractivity contribution in [2.75, 3.05) is 13.1 Å². The fourth-order valence-electron chi connectivity index (χ4n) is 2.51. The Bertz CT molecular complexity index is 545. The van der Waals surface area contributed by atoms with E-state index in [2.05, 4.69) is 15.1 Å². The molecule has 2 aromatic rings. The van der Waals surface area contributed by atoms with Crippen LogP contribution in [-0.4, -0.2) is 28.2 Å². The molecule has 1 saturated heterocycles. The monoisotopic (exact) mass is 291 g/mol. The Morgan fingerprint density at radius 1 is 1.00 bits per heavy atom. The lowest BCUT2D eigenvalue weighted by Gasteiger charge is -2.16. The first kappa shape index (κ1) is 13.6. The molecule has 0 spiro atoms. The number of aromatic nitrogens is 2. The SMILES string of the molecule is Clc1ccc(-c2nnc(CN3CCCCCC3)o2)cc1. The third-order valence-electron chi connectivity index (χ3n) is 3.62. The van der Waals surface area contributed by atoms with E-state index in [4.69, 9.17) is 16.0 Å². The van der Waals surface area contributed by atoms with Gasteiger partial charge in [0.05, 0.1) is 6.54 Å². The van der Waals surface area contributed by atoms with Crippen molar-refractivity contribution in [2.45, 2.75) is 32.2 Å². The standard InChI is InChI=1S/C15H18ClN3O/c16-13-7-5-12(6-8-13)15-18-17-14(20-15)11-19-9-3-1-2-4-10-19/h5-8H,1-4,9-11H2. The third-order valence-corrected chi connectivity index (χ3v) is 3.87. The number of benzene rings is 1. The van der Waals surface area contributed by atoms with Crippen LogP contribution in [0.15, 0.2) is 28.7 Å². The maximum absolute atomic E-state index is 5.88. The highest BCUT2D eigenvalue weighted by molar-refractivity contribution is 6.30. The Morgan fingerprint density at radius 2 is 1.70 bits per heavy atom. The fourth-order valence-corrected chi connectivity index (χ4v) is 2.64. The van der Waals surface area contributed by atoms with Gasteiger partial charge in [0.25, 0.3) is 0 Å². The average Bonchev–Trinajstić information content (AvgIpc) is 2.76. The maximum Gasteiger partial charge on any atom is 0.247 e. The van der Waals surface area contributed by atoms with Crippen molar-refractivity contribution in [2.24, 2.45) is 0 Å². The molecule has 0 atom stereocenters. The summed E-state index contributed by atoms with van der Waals surface area (Å²) in [6, 6.07) is 7.45. The molecule has 0 N–H and O–H groups in total. The molecule has 1 aliphatic heterocycles. The highest BCUT2D eigenvalue weighted by Crippen LogP contribution is 2.21. The van der Waals surface area contributed by atoms with Crippen LogP contribution in [0.2, 0.25) is 5.02 Å². The van der Waals surface area contributed by atoms with Crippen molar-refractivity contribution in [1.29, 1.82) is 0 Å². The molecule has 0 aliphatic carbocycles. The van der Waals surface area contributed by atoms with Crippen LogP contribution in [0.3, 0.4) is 0 Å². The molecular weight excluding hydrogens is 274 g/mol. The Labute approximate surface area is 123 Å². The lowest BCUT2D eigenvalue weighted by Crippen LogP contribution is -2.24. The van der Waals surface area contributed by atoms with Gasteiger partial charge >= 0.3 is 0 Å². The van der Waals surface area contributed by atoms with Crippen LogP contribution in [-0.2, 0) is 6.54 Å². The van der Waals surface area contributed by atoms with Crippen molar-refractivity contribution in [3.8, 4) is 11.5 Å². The molecule has 1 fully saturated rings. The molecule has 0 unspecified atom stereocenters. The summed E-state index contributed by atoms with van der Waals surface area (Å²) in [5.41, 5.74) is 0.906. The van der Waals surface area contributed by atoms with Crippen molar-refractivity contribution in [1.82, 2.24) is 15.1 Å². The van der Waals surface area contributed by atoms with E-state index in [0.29, 0.717) is 16.8 Å². The van der Waals surface area contributed by atoms with E-state index in [1.165, 1.54) is 25.7 Å². The van der Waals surface area contributed by atoms with Gasteiger partial charge in [-0.3, -0.25) is 4.90 Å². The van der Waals surface area contributed by atoms with Gasteiger partial charge in [-0.2, -0.15) is 0 Å². The van der Waals surface area contributed by atoms with Crippen molar-refractivity contribution < 1.29 is 4.42 Å². The molecule has 5 heteroatoms. The second-order valence-corrected chi connectivity index (χ2v) is 5.63. The number of nitrogens with zero attached hydrogens (tertiary/aromatic N) is 3. The van der Waals surface area contributed by atoms with Crippen LogP contribution in [0.4, 0.5) is 0 Å². The molecule has 1 aromatic carbocycles. The maximum atomic E-state index is 5.88. The molecule has 106 valence electrons. The Hall–Kier alpha value is -1.39. The van der Waals surface area contributed by atoms with Crippen LogP contribution < -0.4 is 0 Å². The Morgan fingerprint density at radius 3 is 2.40 bits per heavy atom. The summed E-state index contributed by atoms with van der Waals surface area (Å²) in [7, 11) is 0. The second kappa shape index (κ2) is 6.37.